The normalized spacial score (nSPS) is 15.9. The highest BCUT2D eigenvalue weighted by Gasteiger charge is 2.49. The van der Waals surface area contributed by atoms with E-state index in [0.29, 0.717) is 33.7 Å². The Morgan fingerprint density at radius 2 is 1.69 bits per heavy atom. The number of alkyl halides is 3. The SMILES string of the molecule is COC(=O)C[C@]1(C(=O)Nc2ccc(-c3ccccc3S(N)(=O)=O)cc2)CC(c2cccc(C(N)=[NH2+])c2)=NO1.O=C([O-])C(F)(F)F. The molecule has 7 N–H and O–H groups in total. The molecule has 0 saturated carbocycles. The second kappa shape index (κ2) is 13.6. The van der Waals surface area contributed by atoms with E-state index < -0.39 is 39.6 Å². The van der Waals surface area contributed by atoms with Crippen LogP contribution in [-0.2, 0) is 34.0 Å². The lowest BCUT2D eigenvalue weighted by atomic mass is 9.89. The number of carboxylic acid groups (broad SMARTS) is 1. The zero-order chi connectivity index (χ0) is 33.6. The summed E-state index contributed by atoms with van der Waals surface area (Å²) in [7, 11) is -2.72. The van der Waals surface area contributed by atoms with Crippen LogP contribution in [0.5, 0.6) is 0 Å². The first-order valence-corrected chi connectivity index (χ1v) is 14.1. The number of amidine groups is 1. The number of nitrogens with zero attached hydrogens (tertiary/aromatic N) is 1. The molecular formula is C28H26F3N5O8S. The number of hydrogen-bond acceptors (Lipinski definition) is 9. The van der Waals surface area contributed by atoms with Crippen LogP contribution < -0.4 is 26.7 Å². The van der Waals surface area contributed by atoms with Gasteiger partial charge in [-0.2, -0.15) is 13.2 Å². The van der Waals surface area contributed by atoms with E-state index in [4.69, 9.17) is 35.8 Å². The zero-order valence-corrected chi connectivity index (χ0v) is 24.1. The average molecular weight is 650 g/mol. The van der Waals surface area contributed by atoms with Gasteiger partial charge in [0.05, 0.1) is 29.7 Å². The smallest absolute Gasteiger partial charge is 0.430 e. The molecule has 0 fully saturated rings. The number of sulfonamides is 1. The standard InChI is InChI=1S/C26H25N5O6S.C2HF3O2/c1-36-23(32)15-26(14-21(31-37-26)17-5-4-6-18(13-17)24(27)28)25(33)30-19-11-9-16(10-12-19)20-7-2-3-8-22(20)38(29,34)35;3-2(4,5)1(6)7/h2-13H,14-15H2,1H3,(H3,27,28)(H,30,33)(H2,29,34,35);(H,6,7)/t26-;/m0./s1. The molecule has 0 aromatic heterocycles. The molecule has 238 valence electrons. The van der Waals surface area contributed by atoms with E-state index in [9.17, 15) is 31.2 Å². The number of carboxylic acids is 1. The molecule has 1 amide bonds. The Balaban J connectivity index is 0.000000707. The molecule has 1 aliphatic rings. The molecule has 0 spiro atoms. The summed E-state index contributed by atoms with van der Waals surface area (Å²) in [5, 5.41) is 26.7. The Hall–Kier alpha value is -5.29. The maximum Gasteiger partial charge on any atom is 0.430 e. The number of primary sulfonamides is 1. The van der Waals surface area contributed by atoms with Crippen LogP contribution in [0.25, 0.3) is 11.1 Å². The lowest BCUT2D eigenvalue weighted by Crippen LogP contribution is -2.46. The molecule has 0 saturated heterocycles. The van der Waals surface area contributed by atoms with Crippen molar-refractivity contribution in [2.24, 2.45) is 16.0 Å². The molecule has 0 aliphatic carbocycles. The third kappa shape index (κ3) is 8.64. The second-order valence-corrected chi connectivity index (χ2v) is 11.0. The van der Waals surface area contributed by atoms with Crippen molar-refractivity contribution in [2.75, 3.05) is 12.4 Å². The predicted molar refractivity (Wildman–Crippen MR) is 151 cm³/mol. The first-order valence-electron chi connectivity index (χ1n) is 12.6. The van der Waals surface area contributed by atoms with Gasteiger partial charge in [-0.25, -0.2) is 13.6 Å². The molecule has 0 bridgehead atoms. The number of oxime groups is 1. The number of carbonyl (C=O) groups excluding carboxylic acids is 3. The van der Waals surface area contributed by atoms with Gasteiger partial charge in [0.25, 0.3) is 11.7 Å². The summed E-state index contributed by atoms with van der Waals surface area (Å²) in [6.07, 6.45) is -5.59. The second-order valence-electron chi connectivity index (χ2n) is 9.45. The highest BCUT2D eigenvalue weighted by atomic mass is 32.2. The highest BCUT2D eigenvalue weighted by Crippen LogP contribution is 2.33. The number of halogens is 3. The minimum atomic E-state index is -5.19. The molecule has 1 aliphatic heterocycles. The summed E-state index contributed by atoms with van der Waals surface area (Å²) in [4.78, 5) is 40.0. The number of nitrogens with two attached hydrogens (primary N) is 3. The van der Waals surface area contributed by atoms with Crippen LogP contribution in [0.1, 0.15) is 24.0 Å². The van der Waals surface area contributed by atoms with Crippen LogP contribution in [0.15, 0.2) is 82.8 Å². The fourth-order valence-corrected chi connectivity index (χ4v) is 4.80. The fourth-order valence-electron chi connectivity index (χ4n) is 4.04. The van der Waals surface area contributed by atoms with E-state index in [1.807, 2.05) is 0 Å². The fraction of sp³-hybridized carbons (Fsp3) is 0.179. The summed E-state index contributed by atoms with van der Waals surface area (Å²) in [6, 6.07) is 19.7. The average Bonchev–Trinajstić information content (AvgIpc) is 3.42. The van der Waals surface area contributed by atoms with Crippen LogP contribution in [0.2, 0.25) is 0 Å². The molecule has 4 rings (SSSR count). The van der Waals surface area contributed by atoms with Crippen molar-refractivity contribution >= 4 is 45.1 Å². The molecule has 3 aromatic carbocycles. The van der Waals surface area contributed by atoms with E-state index in [1.165, 1.54) is 13.2 Å². The number of nitrogens with one attached hydrogen (secondary N) is 1. The van der Waals surface area contributed by atoms with Gasteiger partial charge in [-0.05, 0) is 35.9 Å². The summed E-state index contributed by atoms with van der Waals surface area (Å²) >= 11 is 0. The maximum atomic E-state index is 13.4. The van der Waals surface area contributed by atoms with E-state index in [-0.39, 0.29) is 23.6 Å². The lowest BCUT2D eigenvalue weighted by Gasteiger charge is -2.24. The van der Waals surface area contributed by atoms with Gasteiger partial charge in [0, 0.05) is 23.2 Å². The van der Waals surface area contributed by atoms with Crippen molar-refractivity contribution in [3.8, 4) is 11.1 Å². The van der Waals surface area contributed by atoms with Crippen LogP contribution in [-0.4, -0.2) is 56.7 Å². The lowest BCUT2D eigenvalue weighted by molar-refractivity contribution is -0.344. The number of amides is 1. The molecule has 3 aromatic rings. The Morgan fingerprint density at radius 3 is 2.24 bits per heavy atom. The Morgan fingerprint density at radius 1 is 1.07 bits per heavy atom. The number of anilines is 1. The van der Waals surface area contributed by atoms with Crippen LogP contribution in [0.3, 0.4) is 0 Å². The summed E-state index contributed by atoms with van der Waals surface area (Å²) < 4.78 is 60.3. The van der Waals surface area contributed by atoms with Gasteiger partial charge < -0.3 is 24.8 Å². The van der Waals surface area contributed by atoms with Gasteiger partial charge in [-0.1, -0.05) is 47.6 Å². The van der Waals surface area contributed by atoms with E-state index in [1.54, 1.807) is 66.7 Å². The van der Waals surface area contributed by atoms with Gasteiger partial charge in [-0.3, -0.25) is 20.7 Å². The molecular weight excluding hydrogens is 623 g/mol. The molecule has 1 atom stereocenters. The highest BCUT2D eigenvalue weighted by molar-refractivity contribution is 7.89. The predicted octanol–water partition coefficient (Wildman–Crippen LogP) is -0.171. The van der Waals surface area contributed by atoms with Crippen molar-refractivity contribution in [3.63, 3.8) is 0 Å². The molecule has 45 heavy (non-hydrogen) atoms. The van der Waals surface area contributed by atoms with Gasteiger partial charge in [0.1, 0.15) is 5.97 Å². The summed E-state index contributed by atoms with van der Waals surface area (Å²) in [5.74, 6) is -4.15. The third-order valence-corrected chi connectivity index (χ3v) is 7.23. The van der Waals surface area contributed by atoms with Crippen molar-refractivity contribution in [2.45, 2.75) is 29.5 Å². The van der Waals surface area contributed by atoms with Gasteiger partial charge in [0.2, 0.25) is 15.6 Å². The third-order valence-electron chi connectivity index (χ3n) is 6.26. The quantitative estimate of drug-likeness (QED) is 0.144. The monoisotopic (exact) mass is 649 g/mol. The first kappa shape index (κ1) is 34.2. The Bertz CT molecular complexity index is 1760. The molecule has 0 unspecified atom stereocenters. The first-order chi connectivity index (χ1) is 21.0. The van der Waals surface area contributed by atoms with Crippen LogP contribution in [0, 0.1) is 0 Å². The van der Waals surface area contributed by atoms with Crippen molar-refractivity contribution in [1.29, 1.82) is 0 Å². The maximum absolute atomic E-state index is 13.4. The molecule has 1 heterocycles. The molecule has 13 nitrogen and oxygen atoms in total. The minimum Gasteiger partial charge on any atom is -0.542 e. The van der Waals surface area contributed by atoms with Crippen LogP contribution in [0.4, 0.5) is 18.9 Å². The number of ether oxygens (including phenoxy) is 1. The number of rotatable bonds is 8. The number of carbonyl (C=O) groups is 3. The largest absolute Gasteiger partial charge is 0.542 e. The topological polar surface area (TPSA) is 229 Å². The van der Waals surface area contributed by atoms with Gasteiger partial charge >= 0.3 is 12.1 Å². The summed E-state index contributed by atoms with van der Waals surface area (Å²) in [6.45, 7) is 0. The van der Waals surface area contributed by atoms with Gasteiger partial charge in [0.15, 0.2) is 0 Å². The van der Waals surface area contributed by atoms with Crippen molar-refractivity contribution in [3.05, 3.63) is 83.9 Å². The van der Waals surface area contributed by atoms with Crippen molar-refractivity contribution < 1.29 is 56.1 Å². The van der Waals surface area contributed by atoms with Crippen molar-refractivity contribution in [1.82, 2.24) is 0 Å². The zero-order valence-electron chi connectivity index (χ0n) is 23.3. The Labute approximate surface area is 254 Å². The summed E-state index contributed by atoms with van der Waals surface area (Å²) in [5.41, 5.74) is 7.08. The van der Waals surface area contributed by atoms with Gasteiger partial charge in [-0.15, -0.1) is 0 Å². The number of esters is 1. The van der Waals surface area contributed by atoms with E-state index >= 15 is 0 Å². The molecule has 0 radical (unpaired) electrons. The van der Waals surface area contributed by atoms with E-state index in [0.717, 1.165) is 0 Å². The number of methoxy groups -OCH3 is 1. The minimum absolute atomic E-state index is 0.0122. The van der Waals surface area contributed by atoms with Crippen LogP contribution >= 0.6 is 0 Å². The number of aliphatic carboxylic acids is 1. The Kier molecular flexibility index (Phi) is 10.3. The number of benzene rings is 3. The molecule has 17 heteroatoms. The van der Waals surface area contributed by atoms with E-state index in [2.05, 4.69) is 10.5 Å². The number of hydrogen-bond donors (Lipinski definition) is 4.